The highest BCUT2D eigenvalue weighted by molar-refractivity contribution is 5.96. The molecule has 2 rings (SSSR count). The minimum atomic E-state index is -0.577. The quantitative estimate of drug-likeness (QED) is 0.459. The number of methoxy groups -OCH3 is 1. The number of nitro benzene ring substituents is 1. The molecule has 0 aromatic heterocycles. The van der Waals surface area contributed by atoms with E-state index in [1.54, 1.807) is 26.2 Å². The molecule has 2 unspecified atom stereocenters. The largest absolute Gasteiger partial charge is 0.493 e. The first-order chi connectivity index (χ1) is 13.9. The van der Waals surface area contributed by atoms with Gasteiger partial charge in [0.2, 0.25) is 5.91 Å². The summed E-state index contributed by atoms with van der Waals surface area (Å²) in [5, 5.41) is 16.9. The molecule has 0 radical (unpaired) electrons. The van der Waals surface area contributed by atoms with Crippen molar-refractivity contribution in [2.75, 3.05) is 19.0 Å². The molecule has 0 bridgehead atoms. The van der Waals surface area contributed by atoms with E-state index in [4.69, 9.17) is 9.47 Å². The van der Waals surface area contributed by atoms with Crippen LogP contribution >= 0.6 is 0 Å². The Kier molecular flexibility index (Phi) is 7.97. The molecule has 0 fully saturated rings. The molecular weight excluding hydrogens is 374 g/mol. The fraction of sp³-hybridized carbons (Fsp3) is 0.381. The van der Waals surface area contributed by atoms with Crippen LogP contribution in [-0.2, 0) is 4.79 Å². The first-order valence-corrected chi connectivity index (χ1v) is 9.48. The van der Waals surface area contributed by atoms with E-state index < -0.39 is 11.0 Å². The van der Waals surface area contributed by atoms with E-state index in [9.17, 15) is 14.9 Å². The number of amides is 1. The number of carbonyl (C=O) groups excluding carboxylic acids is 1. The lowest BCUT2D eigenvalue weighted by Gasteiger charge is -2.21. The van der Waals surface area contributed by atoms with Gasteiger partial charge in [-0.25, -0.2) is 0 Å². The van der Waals surface area contributed by atoms with E-state index >= 15 is 0 Å². The Morgan fingerprint density at radius 1 is 1.17 bits per heavy atom. The molecule has 0 spiro atoms. The van der Waals surface area contributed by atoms with E-state index in [2.05, 4.69) is 10.6 Å². The Bertz CT molecular complexity index is 856. The van der Waals surface area contributed by atoms with Crippen LogP contribution in [-0.4, -0.2) is 30.6 Å². The van der Waals surface area contributed by atoms with Gasteiger partial charge in [-0.05, 0) is 44.0 Å². The molecule has 0 heterocycles. The van der Waals surface area contributed by atoms with Gasteiger partial charge >= 0.3 is 0 Å². The summed E-state index contributed by atoms with van der Waals surface area (Å²) in [5.41, 5.74) is 0.951. The Morgan fingerprint density at radius 2 is 1.90 bits per heavy atom. The summed E-state index contributed by atoms with van der Waals surface area (Å²) in [6.45, 7) is 6.27. The van der Waals surface area contributed by atoms with Gasteiger partial charge in [-0.3, -0.25) is 20.2 Å². The van der Waals surface area contributed by atoms with Crippen LogP contribution in [0.1, 0.15) is 38.8 Å². The third-order valence-electron chi connectivity index (χ3n) is 4.40. The van der Waals surface area contributed by atoms with Crippen LogP contribution in [0.5, 0.6) is 11.5 Å². The number of ether oxygens (including phenoxy) is 2. The van der Waals surface area contributed by atoms with E-state index in [0.717, 1.165) is 12.0 Å². The van der Waals surface area contributed by atoms with Crippen molar-refractivity contribution >= 4 is 17.3 Å². The van der Waals surface area contributed by atoms with Crippen molar-refractivity contribution in [2.24, 2.45) is 0 Å². The predicted molar refractivity (Wildman–Crippen MR) is 112 cm³/mol. The molecule has 0 aliphatic carbocycles. The maximum absolute atomic E-state index is 12.5. The normalized spacial score (nSPS) is 12.7. The Labute approximate surface area is 170 Å². The molecule has 2 aromatic carbocycles. The standard InChI is InChI=1S/C21H27N3O5/c1-5-12-29-19-11-10-16(13-20(19)28-4)14(2)22-15(3)21(25)23-17-8-6-7-9-18(17)24(26)27/h6-11,13-15,22H,5,12H2,1-4H3,(H,23,25). The van der Waals surface area contributed by atoms with E-state index in [1.165, 1.54) is 12.1 Å². The average molecular weight is 401 g/mol. The molecule has 0 saturated heterocycles. The fourth-order valence-electron chi connectivity index (χ4n) is 2.81. The topological polar surface area (TPSA) is 103 Å². The Hall–Kier alpha value is -3.13. The molecule has 0 aliphatic heterocycles. The van der Waals surface area contributed by atoms with E-state index in [-0.39, 0.29) is 23.3 Å². The van der Waals surface area contributed by atoms with Gasteiger partial charge < -0.3 is 14.8 Å². The molecule has 8 nitrogen and oxygen atoms in total. The summed E-state index contributed by atoms with van der Waals surface area (Å²) >= 11 is 0. The van der Waals surface area contributed by atoms with Crippen LogP contribution in [0.2, 0.25) is 0 Å². The summed E-state index contributed by atoms with van der Waals surface area (Å²) in [6, 6.07) is 10.9. The molecule has 0 saturated carbocycles. The van der Waals surface area contributed by atoms with Crippen molar-refractivity contribution in [3.8, 4) is 11.5 Å². The number of carbonyl (C=O) groups is 1. The average Bonchev–Trinajstić information content (AvgIpc) is 2.72. The number of para-hydroxylation sites is 2. The van der Waals surface area contributed by atoms with Crippen LogP contribution in [0.25, 0.3) is 0 Å². The minimum absolute atomic E-state index is 0.145. The van der Waals surface area contributed by atoms with Crippen LogP contribution in [0.15, 0.2) is 42.5 Å². The van der Waals surface area contributed by atoms with Crippen molar-refractivity contribution in [1.29, 1.82) is 0 Å². The van der Waals surface area contributed by atoms with Gasteiger partial charge in [0, 0.05) is 12.1 Å². The molecule has 0 aliphatic rings. The Balaban J connectivity index is 2.05. The van der Waals surface area contributed by atoms with Crippen LogP contribution < -0.4 is 20.1 Å². The third-order valence-corrected chi connectivity index (χ3v) is 4.40. The summed E-state index contributed by atoms with van der Waals surface area (Å²) in [7, 11) is 1.58. The lowest BCUT2D eigenvalue weighted by molar-refractivity contribution is -0.383. The van der Waals surface area contributed by atoms with Gasteiger partial charge in [0.05, 0.1) is 24.7 Å². The molecular formula is C21H27N3O5. The van der Waals surface area contributed by atoms with Gasteiger partial charge in [-0.15, -0.1) is 0 Å². The number of rotatable bonds is 10. The van der Waals surface area contributed by atoms with Crippen LogP contribution in [0, 0.1) is 10.1 Å². The van der Waals surface area contributed by atoms with Gasteiger partial charge in [0.25, 0.3) is 5.69 Å². The second-order valence-electron chi connectivity index (χ2n) is 6.63. The zero-order valence-corrected chi connectivity index (χ0v) is 17.1. The maximum atomic E-state index is 12.5. The van der Waals surface area contributed by atoms with Crippen molar-refractivity contribution in [3.63, 3.8) is 0 Å². The van der Waals surface area contributed by atoms with Gasteiger partial charge in [0.1, 0.15) is 5.69 Å². The zero-order valence-electron chi connectivity index (χ0n) is 17.1. The number of hydrogen-bond acceptors (Lipinski definition) is 6. The van der Waals surface area contributed by atoms with E-state index in [0.29, 0.717) is 18.1 Å². The summed E-state index contributed by atoms with van der Waals surface area (Å²) in [6.07, 6.45) is 0.898. The lowest BCUT2D eigenvalue weighted by atomic mass is 10.1. The highest BCUT2D eigenvalue weighted by atomic mass is 16.6. The SMILES string of the molecule is CCCOc1ccc(C(C)NC(C)C(=O)Nc2ccccc2[N+](=O)[O-])cc1OC. The van der Waals surface area contributed by atoms with Crippen molar-refractivity contribution in [1.82, 2.24) is 5.32 Å². The van der Waals surface area contributed by atoms with E-state index in [1.807, 2.05) is 32.0 Å². The highest BCUT2D eigenvalue weighted by Gasteiger charge is 2.21. The van der Waals surface area contributed by atoms with Crippen LogP contribution in [0.3, 0.4) is 0 Å². The fourth-order valence-corrected chi connectivity index (χ4v) is 2.81. The first kappa shape index (κ1) is 22.2. The molecule has 2 N–H and O–H groups in total. The Morgan fingerprint density at radius 3 is 2.55 bits per heavy atom. The molecule has 2 aromatic rings. The smallest absolute Gasteiger partial charge is 0.292 e. The number of nitrogens with zero attached hydrogens (tertiary/aromatic N) is 1. The first-order valence-electron chi connectivity index (χ1n) is 9.48. The number of nitro groups is 1. The minimum Gasteiger partial charge on any atom is -0.493 e. The summed E-state index contributed by atoms with van der Waals surface area (Å²) < 4.78 is 11.1. The number of benzene rings is 2. The van der Waals surface area contributed by atoms with Crippen molar-refractivity contribution < 1.29 is 19.2 Å². The van der Waals surface area contributed by atoms with Gasteiger partial charge in [-0.2, -0.15) is 0 Å². The summed E-state index contributed by atoms with van der Waals surface area (Å²) in [5.74, 6) is 0.940. The number of hydrogen-bond donors (Lipinski definition) is 2. The molecule has 29 heavy (non-hydrogen) atoms. The molecule has 2 atom stereocenters. The molecule has 156 valence electrons. The summed E-state index contributed by atoms with van der Waals surface area (Å²) in [4.78, 5) is 23.1. The number of nitrogens with one attached hydrogen (secondary N) is 2. The predicted octanol–water partition coefficient (Wildman–Crippen LogP) is 4.07. The van der Waals surface area contributed by atoms with Crippen molar-refractivity contribution in [2.45, 2.75) is 39.3 Å². The monoisotopic (exact) mass is 401 g/mol. The molecule has 8 heteroatoms. The third kappa shape index (κ3) is 5.92. The maximum Gasteiger partial charge on any atom is 0.292 e. The van der Waals surface area contributed by atoms with Crippen molar-refractivity contribution in [3.05, 3.63) is 58.1 Å². The van der Waals surface area contributed by atoms with Crippen LogP contribution in [0.4, 0.5) is 11.4 Å². The van der Waals surface area contributed by atoms with Gasteiger partial charge in [0.15, 0.2) is 11.5 Å². The zero-order chi connectivity index (χ0) is 21.4. The second kappa shape index (κ2) is 10.4. The van der Waals surface area contributed by atoms with Gasteiger partial charge in [-0.1, -0.05) is 25.1 Å². The number of anilines is 1. The lowest BCUT2D eigenvalue weighted by Crippen LogP contribution is -2.39. The highest BCUT2D eigenvalue weighted by Crippen LogP contribution is 2.30. The second-order valence-corrected chi connectivity index (χ2v) is 6.63. The molecule has 1 amide bonds.